The third-order valence-corrected chi connectivity index (χ3v) is 4.21. The van der Waals surface area contributed by atoms with Crippen LogP contribution in [0.25, 0.3) is 6.08 Å². The average molecular weight is 464 g/mol. The predicted molar refractivity (Wildman–Crippen MR) is 110 cm³/mol. The van der Waals surface area contributed by atoms with Crippen LogP contribution in [-0.2, 0) is 14.3 Å². The second-order valence-corrected chi connectivity index (χ2v) is 6.74. The van der Waals surface area contributed by atoms with E-state index in [9.17, 15) is 14.9 Å². The largest absolute Gasteiger partial charge is 0.480 e. The zero-order valence-electron chi connectivity index (χ0n) is 14.9. The van der Waals surface area contributed by atoms with E-state index in [4.69, 9.17) is 21.1 Å². The lowest BCUT2D eigenvalue weighted by Gasteiger charge is -2.08. The molecular weight excluding hydrogens is 448 g/mol. The van der Waals surface area contributed by atoms with Gasteiger partial charge in [-0.2, -0.15) is 5.26 Å². The molecule has 0 unspecified atom stereocenters. The Bertz CT molecular complexity index is 936. The van der Waals surface area contributed by atoms with E-state index in [2.05, 4.69) is 21.2 Å². The summed E-state index contributed by atoms with van der Waals surface area (Å²) in [5.41, 5.74) is 1.02. The smallest absolute Gasteiger partial charge is 0.344 e. The fourth-order valence-electron chi connectivity index (χ4n) is 2.11. The molecule has 0 bridgehead atoms. The van der Waals surface area contributed by atoms with Crippen molar-refractivity contribution >= 4 is 51.2 Å². The van der Waals surface area contributed by atoms with Crippen LogP contribution in [0, 0.1) is 11.3 Å². The third kappa shape index (κ3) is 6.41. The Labute approximate surface area is 175 Å². The minimum atomic E-state index is -0.538. The maximum Gasteiger partial charge on any atom is 0.344 e. The van der Waals surface area contributed by atoms with E-state index in [0.29, 0.717) is 17.0 Å². The van der Waals surface area contributed by atoms with E-state index < -0.39 is 11.9 Å². The lowest BCUT2D eigenvalue weighted by Crippen LogP contribution is -2.14. The van der Waals surface area contributed by atoms with Crippen LogP contribution in [0.3, 0.4) is 0 Å². The lowest BCUT2D eigenvalue weighted by atomic mass is 10.1. The summed E-state index contributed by atoms with van der Waals surface area (Å²) in [7, 11) is 0. The summed E-state index contributed by atoms with van der Waals surface area (Å²) in [6, 6.07) is 13.6. The maximum atomic E-state index is 12.3. The average Bonchev–Trinajstić information content (AvgIpc) is 2.67. The van der Waals surface area contributed by atoms with Crippen molar-refractivity contribution in [1.29, 1.82) is 5.26 Å². The SMILES string of the molecule is CCOC(=O)COc1ccc(/C=C(\C#N)C(=O)Nc2ccc(Br)cc2)cc1Cl. The highest BCUT2D eigenvalue weighted by atomic mass is 79.9. The Kier molecular flexibility index (Phi) is 8.05. The van der Waals surface area contributed by atoms with Crippen LogP contribution < -0.4 is 10.1 Å². The van der Waals surface area contributed by atoms with Crippen LogP contribution in [-0.4, -0.2) is 25.1 Å². The number of nitriles is 1. The molecule has 0 aliphatic rings. The molecule has 0 atom stereocenters. The monoisotopic (exact) mass is 462 g/mol. The molecule has 0 aliphatic carbocycles. The van der Waals surface area contributed by atoms with E-state index >= 15 is 0 Å². The molecule has 28 heavy (non-hydrogen) atoms. The van der Waals surface area contributed by atoms with Gasteiger partial charge >= 0.3 is 5.97 Å². The first-order chi connectivity index (χ1) is 13.4. The topological polar surface area (TPSA) is 88.4 Å². The van der Waals surface area contributed by atoms with Crippen molar-refractivity contribution in [1.82, 2.24) is 0 Å². The first-order valence-electron chi connectivity index (χ1n) is 8.19. The quantitative estimate of drug-likeness (QED) is 0.368. The second kappa shape index (κ2) is 10.5. The lowest BCUT2D eigenvalue weighted by molar-refractivity contribution is -0.145. The first-order valence-corrected chi connectivity index (χ1v) is 9.36. The molecule has 0 saturated carbocycles. The van der Waals surface area contributed by atoms with Gasteiger partial charge in [0.25, 0.3) is 5.91 Å². The van der Waals surface area contributed by atoms with Crippen molar-refractivity contribution in [2.45, 2.75) is 6.92 Å². The predicted octanol–water partition coefficient (Wildman–Crippen LogP) is 4.59. The molecule has 6 nitrogen and oxygen atoms in total. The van der Waals surface area contributed by atoms with Gasteiger partial charge in [0.2, 0.25) is 0 Å². The number of carbonyl (C=O) groups is 2. The van der Waals surface area contributed by atoms with Crippen molar-refractivity contribution in [3.05, 3.63) is 63.1 Å². The molecule has 0 radical (unpaired) electrons. The van der Waals surface area contributed by atoms with Gasteiger partial charge in [0.1, 0.15) is 17.4 Å². The summed E-state index contributed by atoms with van der Waals surface area (Å²) in [6.45, 7) is 1.70. The summed E-state index contributed by atoms with van der Waals surface area (Å²) >= 11 is 9.46. The van der Waals surface area contributed by atoms with Crippen molar-refractivity contribution in [3.63, 3.8) is 0 Å². The summed E-state index contributed by atoms with van der Waals surface area (Å²) in [5.74, 6) is -0.743. The van der Waals surface area contributed by atoms with Crippen molar-refractivity contribution in [2.75, 3.05) is 18.5 Å². The van der Waals surface area contributed by atoms with E-state index in [1.54, 1.807) is 43.3 Å². The normalized spacial score (nSPS) is 10.7. The van der Waals surface area contributed by atoms with Crippen LogP contribution >= 0.6 is 27.5 Å². The summed E-state index contributed by atoms with van der Waals surface area (Å²) < 4.78 is 11.0. The number of amides is 1. The van der Waals surface area contributed by atoms with Gasteiger partial charge in [0.05, 0.1) is 11.6 Å². The molecule has 0 heterocycles. The van der Waals surface area contributed by atoms with E-state index in [0.717, 1.165) is 4.47 Å². The molecule has 144 valence electrons. The van der Waals surface area contributed by atoms with E-state index in [1.165, 1.54) is 12.1 Å². The number of carbonyl (C=O) groups excluding carboxylic acids is 2. The number of hydrogen-bond acceptors (Lipinski definition) is 5. The van der Waals surface area contributed by atoms with Gasteiger partial charge in [0.15, 0.2) is 6.61 Å². The molecule has 0 spiro atoms. The van der Waals surface area contributed by atoms with Crippen molar-refractivity contribution < 1.29 is 19.1 Å². The van der Waals surface area contributed by atoms with Gasteiger partial charge in [-0.25, -0.2) is 4.79 Å². The number of halogens is 2. The standard InChI is InChI=1S/C20H16BrClN2O4/c1-2-27-19(25)12-28-18-8-3-13(10-17(18)22)9-14(11-23)20(26)24-16-6-4-15(21)5-7-16/h3-10H,2,12H2,1H3,(H,24,26)/b14-9+. The molecule has 0 saturated heterocycles. The Morgan fingerprint density at radius 3 is 2.57 bits per heavy atom. The zero-order chi connectivity index (χ0) is 20.5. The third-order valence-electron chi connectivity index (χ3n) is 3.38. The second-order valence-electron chi connectivity index (χ2n) is 5.41. The van der Waals surface area contributed by atoms with Crippen LogP contribution in [0.2, 0.25) is 5.02 Å². The number of rotatable bonds is 7. The molecule has 0 aliphatic heterocycles. The number of ether oxygens (including phenoxy) is 2. The number of hydrogen-bond donors (Lipinski definition) is 1. The van der Waals surface area contributed by atoms with Crippen LogP contribution in [0.5, 0.6) is 5.75 Å². The maximum absolute atomic E-state index is 12.3. The summed E-state index contributed by atoms with van der Waals surface area (Å²) in [4.78, 5) is 23.6. The number of nitrogens with zero attached hydrogens (tertiary/aromatic N) is 1. The fraction of sp³-hybridized carbons (Fsp3) is 0.150. The Balaban J connectivity index is 2.09. The number of esters is 1. The number of benzene rings is 2. The highest BCUT2D eigenvalue weighted by Gasteiger charge is 2.11. The van der Waals surface area contributed by atoms with Gasteiger partial charge in [-0.05, 0) is 55.0 Å². The Hall–Kier alpha value is -2.82. The number of nitrogens with one attached hydrogen (secondary N) is 1. The minimum absolute atomic E-state index is 0.0841. The van der Waals surface area contributed by atoms with Gasteiger partial charge < -0.3 is 14.8 Å². The molecule has 0 fully saturated rings. The van der Waals surface area contributed by atoms with Crippen LogP contribution in [0.15, 0.2) is 52.5 Å². The molecule has 2 rings (SSSR count). The van der Waals surface area contributed by atoms with E-state index in [1.807, 2.05) is 6.07 Å². The molecule has 0 aromatic heterocycles. The molecule has 2 aromatic carbocycles. The highest BCUT2D eigenvalue weighted by Crippen LogP contribution is 2.26. The molecule has 1 amide bonds. The van der Waals surface area contributed by atoms with Crippen molar-refractivity contribution in [3.8, 4) is 11.8 Å². The highest BCUT2D eigenvalue weighted by molar-refractivity contribution is 9.10. The van der Waals surface area contributed by atoms with Crippen LogP contribution in [0.1, 0.15) is 12.5 Å². The number of anilines is 1. The zero-order valence-corrected chi connectivity index (χ0v) is 17.2. The molecule has 8 heteroatoms. The molecular formula is C20H16BrClN2O4. The summed E-state index contributed by atoms with van der Waals surface area (Å²) in [5, 5.41) is 12.2. The van der Waals surface area contributed by atoms with E-state index in [-0.39, 0.29) is 23.8 Å². The first kappa shape index (κ1) is 21.5. The van der Waals surface area contributed by atoms with Gasteiger partial charge in [-0.3, -0.25) is 4.79 Å². The summed E-state index contributed by atoms with van der Waals surface area (Å²) in [6.07, 6.45) is 1.41. The molecule has 1 N–H and O–H groups in total. The fourth-order valence-corrected chi connectivity index (χ4v) is 2.62. The minimum Gasteiger partial charge on any atom is -0.480 e. The Morgan fingerprint density at radius 1 is 1.25 bits per heavy atom. The van der Waals surface area contributed by atoms with Gasteiger partial charge in [-0.15, -0.1) is 0 Å². The van der Waals surface area contributed by atoms with Gasteiger partial charge in [-0.1, -0.05) is 33.6 Å². The Morgan fingerprint density at radius 2 is 1.96 bits per heavy atom. The van der Waals surface area contributed by atoms with Crippen molar-refractivity contribution in [2.24, 2.45) is 0 Å². The van der Waals surface area contributed by atoms with Gasteiger partial charge in [0, 0.05) is 10.2 Å². The molecule has 2 aromatic rings. The van der Waals surface area contributed by atoms with Crippen LogP contribution in [0.4, 0.5) is 5.69 Å².